The third-order valence-electron chi connectivity index (χ3n) is 5.51. The van der Waals surface area contributed by atoms with E-state index in [-0.39, 0.29) is 23.1 Å². The summed E-state index contributed by atoms with van der Waals surface area (Å²) in [6.07, 6.45) is 0.342. The number of nitrogens with two attached hydrogens (primary N) is 1. The zero-order valence-electron chi connectivity index (χ0n) is 12.9. The third kappa shape index (κ3) is 3.19. The fourth-order valence-electron chi connectivity index (χ4n) is 4.12. The van der Waals surface area contributed by atoms with Gasteiger partial charge in [0.15, 0.2) is 0 Å². The maximum atomic E-state index is 12.3. The molecule has 6 heteroatoms. The van der Waals surface area contributed by atoms with E-state index in [0.29, 0.717) is 0 Å². The summed E-state index contributed by atoms with van der Waals surface area (Å²) in [6, 6.07) is 5.94. The average molecular weight is 329 g/mol. The van der Waals surface area contributed by atoms with Gasteiger partial charge in [0.25, 0.3) is 0 Å². The predicted molar refractivity (Wildman–Crippen MR) is 80.0 cm³/mol. The lowest BCUT2D eigenvalue weighted by Crippen LogP contribution is -2.51. The highest BCUT2D eigenvalue weighted by Crippen LogP contribution is 2.50. The molecule has 0 radical (unpaired) electrons. The second-order valence-electron chi connectivity index (χ2n) is 6.79. The molecule has 3 N–H and O–H groups in total. The molecule has 3 atom stereocenters. The average Bonchev–Trinajstić information content (AvgIpc) is 2.84. The molecule has 0 bridgehead atoms. The van der Waals surface area contributed by atoms with Crippen molar-refractivity contribution in [1.82, 2.24) is 0 Å². The minimum Gasteiger partial charge on any atom is -0.406 e. The Morgan fingerprint density at radius 1 is 1.13 bits per heavy atom. The molecule has 1 aromatic rings. The van der Waals surface area contributed by atoms with Crippen LogP contribution in [-0.4, -0.2) is 23.6 Å². The zero-order valence-corrected chi connectivity index (χ0v) is 12.9. The fraction of sp³-hybridized carbons (Fsp3) is 0.647. The molecule has 0 spiro atoms. The van der Waals surface area contributed by atoms with Crippen molar-refractivity contribution < 1.29 is 23.0 Å². The van der Waals surface area contributed by atoms with Gasteiger partial charge in [-0.25, -0.2) is 0 Å². The van der Waals surface area contributed by atoms with Gasteiger partial charge in [-0.1, -0.05) is 25.0 Å². The van der Waals surface area contributed by atoms with E-state index in [2.05, 4.69) is 4.74 Å². The number of hydrogen-bond donors (Lipinski definition) is 2. The van der Waals surface area contributed by atoms with Gasteiger partial charge in [0.2, 0.25) is 0 Å². The smallest absolute Gasteiger partial charge is 0.406 e. The summed E-state index contributed by atoms with van der Waals surface area (Å²) in [5.41, 5.74) is 6.63. The third-order valence-corrected chi connectivity index (χ3v) is 5.51. The quantitative estimate of drug-likeness (QED) is 0.889. The first-order valence-corrected chi connectivity index (χ1v) is 8.12. The van der Waals surface area contributed by atoms with Crippen LogP contribution in [0.15, 0.2) is 24.3 Å². The Bertz CT molecular complexity index is 540. The molecule has 0 heterocycles. The molecule has 0 aliphatic heterocycles. The van der Waals surface area contributed by atoms with Crippen LogP contribution >= 0.6 is 0 Å². The molecular weight excluding hydrogens is 307 g/mol. The van der Waals surface area contributed by atoms with Gasteiger partial charge >= 0.3 is 6.36 Å². The van der Waals surface area contributed by atoms with Crippen LogP contribution in [0.2, 0.25) is 0 Å². The molecule has 128 valence electrons. The summed E-state index contributed by atoms with van der Waals surface area (Å²) in [4.78, 5) is 0. The van der Waals surface area contributed by atoms with E-state index in [9.17, 15) is 18.3 Å². The van der Waals surface area contributed by atoms with Crippen molar-refractivity contribution in [2.75, 3.05) is 0 Å². The number of alkyl halides is 3. The lowest BCUT2D eigenvalue weighted by Gasteiger charge is -2.49. The Hall–Kier alpha value is -1.27. The van der Waals surface area contributed by atoms with Gasteiger partial charge in [-0.3, -0.25) is 0 Å². The van der Waals surface area contributed by atoms with E-state index < -0.39 is 12.5 Å². The minimum atomic E-state index is -4.69. The van der Waals surface area contributed by atoms with Crippen LogP contribution < -0.4 is 10.5 Å². The monoisotopic (exact) mass is 329 g/mol. The van der Waals surface area contributed by atoms with Crippen LogP contribution in [0.5, 0.6) is 5.75 Å². The molecular formula is C17H22F3NO2. The highest BCUT2D eigenvalue weighted by molar-refractivity contribution is 5.35. The molecule has 0 amide bonds. The van der Waals surface area contributed by atoms with Crippen molar-refractivity contribution in [3.8, 4) is 5.75 Å². The molecule has 2 saturated carbocycles. The van der Waals surface area contributed by atoms with E-state index in [1.165, 1.54) is 12.1 Å². The summed E-state index contributed by atoms with van der Waals surface area (Å²) in [6.45, 7) is 0. The number of ether oxygens (including phenoxy) is 1. The lowest BCUT2D eigenvalue weighted by atomic mass is 9.58. The molecule has 0 aromatic heterocycles. The van der Waals surface area contributed by atoms with Crippen LogP contribution in [0, 0.1) is 5.92 Å². The minimum absolute atomic E-state index is 0.00955. The Balaban J connectivity index is 1.80. The lowest BCUT2D eigenvalue weighted by molar-refractivity contribution is -0.274. The molecule has 3 rings (SSSR count). The Labute approximate surface area is 133 Å². The molecule has 23 heavy (non-hydrogen) atoms. The van der Waals surface area contributed by atoms with Crippen molar-refractivity contribution in [1.29, 1.82) is 0 Å². The number of benzene rings is 1. The highest BCUT2D eigenvalue weighted by atomic mass is 19.4. The zero-order chi connectivity index (χ0) is 16.7. The Morgan fingerprint density at radius 2 is 1.78 bits per heavy atom. The van der Waals surface area contributed by atoms with Crippen molar-refractivity contribution in [3.63, 3.8) is 0 Å². The van der Waals surface area contributed by atoms with E-state index in [1.807, 2.05) is 0 Å². The van der Waals surface area contributed by atoms with Gasteiger partial charge in [0, 0.05) is 17.4 Å². The van der Waals surface area contributed by atoms with Gasteiger partial charge in [0.1, 0.15) is 5.75 Å². The van der Waals surface area contributed by atoms with Crippen molar-refractivity contribution in [2.45, 2.75) is 62.4 Å². The first kappa shape index (κ1) is 16.6. The van der Waals surface area contributed by atoms with E-state index in [0.717, 1.165) is 44.1 Å². The second kappa shape index (κ2) is 5.98. The van der Waals surface area contributed by atoms with Gasteiger partial charge in [-0.05, 0) is 43.4 Å². The number of hydrogen-bond acceptors (Lipinski definition) is 3. The fourth-order valence-corrected chi connectivity index (χ4v) is 4.12. The topological polar surface area (TPSA) is 55.5 Å². The summed E-state index contributed by atoms with van der Waals surface area (Å²) in [5.74, 6) is -0.163. The van der Waals surface area contributed by atoms with Crippen LogP contribution in [0.1, 0.15) is 44.1 Å². The molecule has 2 fully saturated rings. The Kier molecular flexibility index (Phi) is 4.31. The van der Waals surface area contributed by atoms with Gasteiger partial charge in [-0.2, -0.15) is 0 Å². The van der Waals surface area contributed by atoms with Crippen LogP contribution in [0.3, 0.4) is 0 Å². The summed E-state index contributed by atoms with van der Waals surface area (Å²) >= 11 is 0. The molecule has 3 nitrogen and oxygen atoms in total. The van der Waals surface area contributed by atoms with Crippen molar-refractivity contribution in [3.05, 3.63) is 29.8 Å². The van der Waals surface area contributed by atoms with Crippen molar-refractivity contribution in [2.24, 2.45) is 11.7 Å². The normalized spacial score (nSPS) is 28.2. The first-order chi connectivity index (χ1) is 10.8. The summed E-state index contributed by atoms with van der Waals surface area (Å²) in [7, 11) is 0. The Morgan fingerprint density at radius 3 is 2.22 bits per heavy atom. The van der Waals surface area contributed by atoms with Gasteiger partial charge < -0.3 is 15.6 Å². The number of rotatable bonds is 4. The maximum absolute atomic E-state index is 12.3. The van der Waals surface area contributed by atoms with E-state index >= 15 is 0 Å². The highest BCUT2D eigenvalue weighted by Gasteiger charge is 2.49. The predicted octanol–water partition coefficient (Wildman–Crippen LogP) is 3.50. The first-order valence-electron chi connectivity index (χ1n) is 8.12. The molecule has 1 unspecified atom stereocenters. The van der Waals surface area contributed by atoms with Crippen LogP contribution in [-0.2, 0) is 5.41 Å². The number of aliphatic hydroxyl groups excluding tert-OH is 1. The van der Waals surface area contributed by atoms with Gasteiger partial charge in [-0.15, -0.1) is 13.2 Å². The van der Waals surface area contributed by atoms with Crippen LogP contribution in [0.4, 0.5) is 13.2 Å². The second-order valence-corrected chi connectivity index (χ2v) is 6.79. The number of halogens is 3. The van der Waals surface area contributed by atoms with E-state index in [4.69, 9.17) is 5.73 Å². The molecule has 2 aliphatic rings. The van der Waals surface area contributed by atoms with Gasteiger partial charge in [0.05, 0.1) is 6.10 Å². The maximum Gasteiger partial charge on any atom is 0.573 e. The summed E-state index contributed by atoms with van der Waals surface area (Å²) < 4.78 is 40.7. The largest absolute Gasteiger partial charge is 0.573 e. The standard InChI is InChI=1S/C17H22F3NO2/c18-17(19,20)23-12-7-5-11(6-8-12)16(9-2-10-16)15(22)13-3-1-4-14(13)21/h5-8,13-15,22H,1-4,9-10,21H2/t13-,14?,15-/m1/s1. The van der Waals surface area contributed by atoms with Crippen molar-refractivity contribution >= 4 is 0 Å². The summed E-state index contributed by atoms with van der Waals surface area (Å²) in [5, 5.41) is 10.9. The van der Waals surface area contributed by atoms with E-state index in [1.54, 1.807) is 12.1 Å². The SMILES string of the molecule is NC1CCC[C@H]1[C@@H](O)C1(c2ccc(OC(F)(F)F)cc2)CCC1. The molecule has 2 aliphatic carbocycles. The molecule has 1 aromatic carbocycles. The number of aliphatic hydroxyl groups is 1. The molecule has 0 saturated heterocycles. The van der Waals surface area contributed by atoms with Crippen LogP contribution in [0.25, 0.3) is 0 Å².